The molecule has 1 amide bonds. The Morgan fingerprint density at radius 2 is 1.93 bits per heavy atom. The third-order valence-electron chi connectivity index (χ3n) is 3.61. The smallest absolute Gasteiger partial charge is 0.275 e. The molecule has 0 bridgehead atoms. The maximum absolute atomic E-state index is 12.4. The van der Waals surface area contributed by atoms with Crippen LogP contribution in [0, 0.1) is 0 Å². The molecule has 0 fully saturated rings. The Balaban J connectivity index is 1.62. The lowest BCUT2D eigenvalue weighted by Gasteiger charge is -2.06. The summed E-state index contributed by atoms with van der Waals surface area (Å²) in [5.74, 6) is 0.955. The van der Waals surface area contributed by atoms with E-state index in [-0.39, 0.29) is 5.91 Å². The van der Waals surface area contributed by atoms with E-state index < -0.39 is 0 Å². The number of carbonyl (C=O) groups excluding carboxylic acids is 1. The third kappa shape index (κ3) is 5.02. The lowest BCUT2D eigenvalue weighted by Crippen LogP contribution is -2.12. The fourth-order valence-electron chi connectivity index (χ4n) is 2.21. The van der Waals surface area contributed by atoms with Gasteiger partial charge in [0.1, 0.15) is 23.1 Å². The number of nitrogens with zero attached hydrogens (tertiary/aromatic N) is 2. The summed E-state index contributed by atoms with van der Waals surface area (Å²) in [6.45, 7) is 0.905. The molecule has 8 heteroatoms. The quantitative estimate of drug-likeness (QED) is 0.598. The van der Waals surface area contributed by atoms with E-state index in [1.54, 1.807) is 31.7 Å². The molecule has 0 aliphatic carbocycles. The first-order valence-electron chi connectivity index (χ1n) is 8.18. The number of benzene rings is 1. The summed E-state index contributed by atoms with van der Waals surface area (Å²) in [4.78, 5) is 20.9. The molecule has 7 nitrogen and oxygen atoms in total. The van der Waals surface area contributed by atoms with Crippen molar-refractivity contribution < 1.29 is 19.0 Å². The Bertz CT molecular complexity index is 879. The summed E-state index contributed by atoms with van der Waals surface area (Å²) in [7, 11) is 3.22. The van der Waals surface area contributed by atoms with E-state index in [1.165, 1.54) is 17.5 Å². The van der Waals surface area contributed by atoms with Crippen LogP contribution >= 0.6 is 11.3 Å². The standard InChI is InChI=1S/C19H19N3O4S/c1-24-9-10-26-17-8-5-14(11-20-17)21-18(23)16-12-27-19(22-16)13-3-6-15(25-2)7-4-13/h3-8,11-12H,9-10H2,1-2H3,(H,21,23). The summed E-state index contributed by atoms with van der Waals surface area (Å²) >= 11 is 1.41. The zero-order chi connectivity index (χ0) is 19.1. The number of carbonyl (C=O) groups is 1. The Morgan fingerprint density at radius 3 is 2.59 bits per heavy atom. The fourth-order valence-corrected chi connectivity index (χ4v) is 3.01. The van der Waals surface area contributed by atoms with Crippen molar-refractivity contribution in [3.8, 4) is 22.2 Å². The number of nitrogens with one attached hydrogen (secondary N) is 1. The van der Waals surface area contributed by atoms with Crippen molar-refractivity contribution in [2.75, 3.05) is 32.8 Å². The van der Waals surface area contributed by atoms with Gasteiger partial charge in [-0.1, -0.05) is 0 Å². The van der Waals surface area contributed by atoms with Crippen LogP contribution in [0.4, 0.5) is 5.69 Å². The number of hydrogen-bond acceptors (Lipinski definition) is 7. The Morgan fingerprint density at radius 1 is 1.11 bits per heavy atom. The van der Waals surface area contributed by atoms with Crippen LogP contribution in [0.2, 0.25) is 0 Å². The van der Waals surface area contributed by atoms with Gasteiger partial charge in [-0.3, -0.25) is 4.79 Å². The second-order valence-electron chi connectivity index (χ2n) is 5.45. The molecular weight excluding hydrogens is 366 g/mol. The maximum atomic E-state index is 12.4. The van der Waals surface area contributed by atoms with E-state index in [4.69, 9.17) is 14.2 Å². The van der Waals surface area contributed by atoms with Gasteiger partial charge in [0, 0.05) is 24.1 Å². The van der Waals surface area contributed by atoms with Gasteiger partial charge in [0.25, 0.3) is 5.91 Å². The molecule has 0 atom stereocenters. The number of hydrogen-bond donors (Lipinski definition) is 1. The highest BCUT2D eigenvalue weighted by atomic mass is 32.1. The van der Waals surface area contributed by atoms with Crippen LogP contribution in [0.1, 0.15) is 10.5 Å². The summed E-state index contributed by atoms with van der Waals surface area (Å²) in [6, 6.07) is 11.0. The molecule has 2 heterocycles. The van der Waals surface area contributed by atoms with E-state index in [1.807, 2.05) is 24.3 Å². The van der Waals surface area contributed by atoms with E-state index >= 15 is 0 Å². The first kappa shape index (κ1) is 18.8. The summed E-state index contributed by atoms with van der Waals surface area (Å²) < 4.78 is 15.5. The third-order valence-corrected chi connectivity index (χ3v) is 4.50. The molecule has 1 N–H and O–H groups in total. The van der Waals surface area contributed by atoms with Crippen molar-refractivity contribution in [3.63, 3.8) is 0 Å². The van der Waals surface area contributed by atoms with Gasteiger partial charge in [-0.15, -0.1) is 11.3 Å². The van der Waals surface area contributed by atoms with Crippen LogP contribution in [0.25, 0.3) is 10.6 Å². The lowest BCUT2D eigenvalue weighted by molar-refractivity contribution is 0.102. The highest BCUT2D eigenvalue weighted by molar-refractivity contribution is 7.13. The van der Waals surface area contributed by atoms with Gasteiger partial charge in [0.05, 0.1) is 25.6 Å². The molecular formula is C19H19N3O4S. The average Bonchev–Trinajstić information content (AvgIpc) is 3.20. The summed E-state index contributed by atoms with van der Waals surface area (Å²) in [6.07, 6.45) is 1.54. The number of aromatic nitrogens is 2. The number of pyridine rings is 1. The van der Waals surface area contributed by atoms with Gasteiger partial charge in [-0.05, 0) is 30.3 Å². The zero-order valence-electron chi connectivity index (χ0n) is 15.0. The number of rotatable bonds is 8. The molecule has 3 aromatic rings. The SMILES string of the molecule is COCCOc1ccc(NC(=O)c2csc(-c3ccc(OC)cc3)n2)cn1. The minimum absolute atomic E-state index is 0.291. The van der Waals surface area contributed by atoms with Gasteiger partial charge >= 0.3 is 0 Å². The van der Waals surface area contributed by atoms with Gasteiger partial charge in [-0.2, -0.15) is 0 Å². The van der Waals surface area contributed by atoms with Crippen LogP contribution < -0.4 is 14.8 Å². The first-order valence-corrected chi connectivity index (χ1v) is 9.06. The van der Waals surface area contributed by atoms with Gasteiger partial charge < -0.3 is 19.5 Å². The molecule has 0 radical (unpaired) electrons. The Labute approximate surface area is 161 Å². The number of thiazole rings is 1. The average molecular weight is 385 g/mol. The minimum Gasteiger partial charge on any atom is -0.497 e. The topological polar surface area (TPSA) is 82.6 Å². The highest BCUT2D eigenvalue weighted by Crippen LogP contribution is 2.26. The Hall–Kier alpha value is -2.97. The molecule has 0 aliphatic rings. The Kier molecular flexibility index (Phi) is 6.35. The van der Waals surface area contributed by atoms with Crippen molar-refractivity contribution >= 4 is 22.9 Å². The number of methoxy groups -OCH3 is 2. The van der Waals surface area contributed by atoms with E-state index in [2.05, 4.69) is 15.3 Å². The van der Waals surface area contributed by atoms with E-state index in [0.717, 1.165) is 16.3 Å². The zero-order valence-corrected chi connectivity index (χ0v) is 15.8. The van der Waals surface area contributed by atoms with Crippen LogP contribution in [-0.4, -0.2) is 43.3 Å². The number of anilines is 1. The van der Waals surface area contributed by atoms with Crippen molar-refractivity contribution in [1.82, 2.24) is 9.97 Å². The normalized spacial score (nSPS) is 10.4. The molecule has 0 unspecified atom stereocenters. The highest BCUT2D eigenvalue weighted by Gasteiger charge is 2.12. The molecule has 3 rings (SSSR count). The lowest BCUT2D eigenvalue weighted by atomic mass is 10.2. The van der Waals surface area contributed by atoms with Crippen molar-refractivity contribution in [1.29, 1.82) is 0 Å². The molecule has 27 heavy (non-hydrogen) atoms. The van der Waals surface area contributed by atoms with E-state index in [0.29, 0.717) is 30.5 Å². The summed E-state index contributed by atoms with van der Waals surface area (Å²) in [5.41, 5.74) is 1.85. The van der Waals surface area contributed by atoms with Gasteiger partial charge in [0.2, 0.25) is 5.88 Å². The molecule has 0 saturated heterocycles. The maximum Gasteiger partial charge on any atom is 0.275 e. The molecule has 2 aromatic heterocycles. The molecule has 0 spiro atoms. The predicted octanol–water partition coefficient (Wildman–Crippen LogP) is 3.49. The number of amides is 1. The fraction of sp³-hybridized carbons (Fsp3) is 0.211. The van der Waals surface area contributed by atoms with Gasteiger partial charge in [-0.25, -0.2) is 9.97 Å². The molecule has 1 aromatic carbocycles. The van der Waals surface area contributed by atoms with Crippen LogP contribution in [-0.2, 0) is 4.74 Å². The monoisotopic (exact) mass is 385 g/mol. The second kappa shape index (κ2) is 9.11. The van der Waals surface area contributed by atoms with Gasteiger partial charge in [0.15, 0.2) is 0 Å². The van der Waals surface area contributed by atoms with Crippen molar-refractivity contribution in [2.24, 2.45) is 0 Å². The van der Waals surface area contributed by atoms with Crippen LogP contribution in [0.5, 0.6) is 11.6 Å². The van der Waals surface area contributed by atoms with E-state index in [9.17, 15) is 4.79 Å². The molecule has 0 aliphatic heterocycles. The predicted molar refractivity (Wildman–Crippen MR) is 104 cm³/mol. The summed E-state index contributed by atoms with van der Waals surface area (Å²) in [5, 5.41) is 5.27. The second-order valence-corrected chi connectivity index (χ2v) is 6.30. The number of ether oxygens (including phenoxy) is 3. The van der Waals surface area contributed by atoms with Crippen molar-refractivity contribution in [3.05, 3.63) is 53.7 Å². The van der Waals surface area contributed by atoms with Crippen LogP contribution in [0.3, 0.4) is 0 Å². The first-order chi connectivity index (χ1) is 13.2. The van der Waals surface area contributed by atoms with Crippen LogP contribution in [0.15, 0.2) is 48.0 Å². The minimum atomic E-state index is -0.291. The largest absolute Gasteiger partial charge is 0.497 e. The molecule has 0 saturated carbocycles. The molecule has 140 valence electrons. The van der Waals surface area contributed by atoms with Crippen molar-refractivity contribution in [2.45, 2.75) is 0 Å².